The van der Waals surface area contributed by atoms with Crippen molar-refractivity contribution in [1.82, 2.24) is 24.8 Å². The van der Waals surface area contributed by atoms with E-state index in [0.29, 0.717) is 43.0 Å². The highest BCUT2D eigenvalue weighted by Crippen LogP contribution is 2.48. The largest absolute Gasteiger partial charge is 0.461 e. The number of oxazole rings is 1. The molecule has 3 unspecified atom stereocenters. The van der Waals surface area contributed by atoms with E-state index in [9.17, 15) is 14.4 Å². The standard InChI is InChI=1S/C37H34F6N8O3S/c1-3-51(20-7-10-49(15-20)34(52)29-18(2)54-17-46-29)33-22-11-24(37(41,42)43)27(21-5-6-25(39)31-26(21)23(13-44)32(45)55-31)28(40)30(22)47-35(48-33)53-16-36-8-4-9-50(36)14-19(38)12-36/h5-6,11,17,19-20H,3-4,7-10,12,14-16,45H2,1-2H3. The molecule has 0 aliphatic carbocycles. The zero-order valence-corrected chi connectivity index (χ0v) is 30.5. The number of carbonyl (C=O) groups excluding carboxylic acids is 1. The number of amides is 1. The molecule has 3 aliphatic rings. The summed E-state index contributed by atoms with van der Waals surface area (Å²) in [5.74, 6) is -2.34. The van der Waals surface area contributed by atoms with E-state index in [2.05, 4.69) is 15.0 Å². The number of alkyl halides is 4. The minimum atomic E-state index is -5.15. The van der Waals surface area contributed by atoms with E-state index >= 15 is 22.0 Å². The second-order valence-electron chi connectivity index (χ2n) is 14.2. The molecule has 0 saturated carbocycles. The molecule has 8 rings (SSSR count). The first-order valence-electron chi connectivity index (χ1n) is 17.7. The summed E-state index contributed by atoms with van der Waals surface area (Å²) in [7, 11) is 0. The number of nitrogens with two attached hydrogens (primary N) is 1. The molecule has 3 fully saturated rings. The zero-order valence-electron chi connectivity index (χ0n) is 29.6. The van der Waals surface area contributed by atoms with Crippen LogP contribution in [0.3, 0.4) is 0 Å². The maximum Gasteiger partial charge on any atom is 0.417 e. The first kappa shape index (κ1) is 36.8. The topological polar surface area (TPSA) is 138 Å². The molecule has 3 saturated heterocycles. The number of carbonyl (C=O) groups is 1. The summed E-state index contributed by atoms with van der Waals surface area (Å²) >= 11 is 0.672. The number of aromatic nitrogens is 3. The van der Waals surface area contributed by atoms with E-state index in [1.54, 1.807) is 23.6 Å². The molecule has 0 radical (unpaired) electrons. The Morgan fingerprint density at radius 1 is 1.24 bits per heavy atom. The minimum absolute atomic E-state index is 0.0410. The van der Waals surface area contributed by atoms with Gasteiger partial charge >= 0.3 is 12.2 Å². The number of anilines is 2. The van der Waals surface area contributed by atoms with Crippen molar-refractivity contribution < 1.29 is 40.3 Å². The van der Waals surface area contributed by atoms with Gasteiger partial charge in [-0.25, -0.2) is 18.2 Å². The highest BCUT2D eigenvalue weighted by molar-refractivity contribution is 7.23. The summed E-state index contributed by atoms with van der Waals surface area (Å²) in [5, 5.41) is 9.21. The molecule has 3 aliphatic heterocycles. The predicted octanol–water partition coefficient (Wildman–Crippen LogP) is 7.26. The summed E-state index contributed by atoms with van der Waals surface area (Å²) in [6.45, 7) is 4.86. The number of rotatable bonds is 8. The first-order valence-corrected chi connectivity index (χ1v) is 18.6. The molecule has 2 aromatic carbocycles. The number of hydrogen-bond donors (Lipinski definition) is 1. The highest BCUT2D eigenvalue weighted by atomic mass is 32.1. The van der Waals surface area contributed by atoms with Crippen LogP contribution in [-0.2, 0) is 6.18 Å². The van der Waals surface area contributed by atoms with E-state index in [-0.39, 0.29) is 82.1 Å². The van der Waals surface area contributed by atoms with Gasteiger partial charge in [0.25, 0.3) is 5.91 Å². The van der Waals surface area contributed by atoms with Crippen LogP contribution in [0.2, 0.25) is 0 Å². The van der Waals surface area contributed by atoms with Crippen molar-refractivity contribution in [2.24, 2.45) is 0 Å². The van der Waals surface area contributed by atoms with Gasteiger partial charge in [-0.2, -0.15) is 28.4 Å². The Hall–Kier alpha value is -5.15. The number of ether oxygens (including phenoxy) is 1. The third kappa shape index (κ3) is 6.08. The van der Waals surface area contributed by atoms with Crippen LogP contribution in [0.15, 0.2) is 29.0 Å². The van der Waals surface area contributed by atoms with Crippen LogP contribution in [0.5, 0.6) is 6.01 Å². The summed E-state index contributed by atoms with van der Waals surface area (Å²) in [6.07, 6.45) is -2.99. The molecule has 18 heteroatoms. The van der Waals surface area contributed by atoms with Gasteiger partial charge < -0.3 is 24.7 Å². The summed E-state index contributed by atoms with van der Waals surface area (Å²) in [6, 6.07) is 3.66. The van der Waals surface area contributed by atoms with E-state index in [4.69, 9.17) is 14.9 Å². The van der Waals surface area contributed by atoms with Gasteiger partial charge in [-0.3, -0.25) is 9.69 Å². The Labute approximate surface area is 314 Å². The lowest BCUT2D eigenvalue weighted by Gasteiger charge is -2.32. The molecule has 6 heterocycles. The van der Waals surface area contributed by atoms with Crippen LogP contribution in [0.4, 0.5) is 37.2 Å². The lowest BCUT2D eigenvalue weighted by Crippen LogP contribution is -2.43. The maximum atomic E-state index is 17.3. The van der Waals surface area contributed by atoms with Gasteiger partial charge in [-0.1, -0.05) is 6.07 Å². The van der Waals surface area contributed by atoms with Crippen molar-refractivity contribution >= 4 is 49.1 Å². The van der Waals surface area contributed by atoms with Crippen LogP contribution in [-0.4, -0.2) is 87.7 Å². The normalized spacial score (nSPS) is 21.5. The van der Waals surface area contributed by atoms with Crippen LogP contribution < -0.4 is 15.4 Å². The van der Waals surface area contributed by atoms with Gasteiger partial charge in [-0.05, 0) is 57.4 Å². The van der Waals surface area contributed by atoms with Gasteiger partial charge in [-0.15, -0.1) is 11.3 Å². The Bertz CT molecular complexity index is 2390. The summed E-state index contributed by atoms with van der Waals surface area (Å²) < 4.78 is 104. The number of thiophene rings is 1. The molecular formula is C37H34F6N8O3S. The number of likely N-dealkylation sites (N-methyl/N-ethyl adjacent to an activating group) is 1. The third-order valence-corrected chi connectivity index (χ3v) is 12.1. The number of nitrogens with zero attached hydrogens (tertiary/aromatic N) is 7. The maximum absolute atomic E-state index is 17.3. The number of nitriles is 1. The Morgan fingerprint density at radius 3 is 2.75 bits per heavy atom. The lowest BCUT2D eigenvalue weighted by molar-refractivity contribution is -0.137. The summed E-state index contributed by atoms with van der Waals surface area (Å²) in [4.78, 5) is 31.6. The number of nitrogen functional groups attached to an aromatic ring is 1. The van der Waals surface area contributed by atoms with E-state index in [1.807, 2.05) is 11.0 Å². The van der Waals surface area contributed by atoms with Crippen LogP contribution >= 0.6 is 11.3 Å². The second kappa shape index (κ2) is 13.6. The van der Waals surface area contributed by atoms with Crippen molar-refractivity contribution in [3.8, 4) is 23.2 Å². The van der Waals surface area contributed by atoms with Crippen molar-refractivity contribution in [3.63, 3.8) is 0 Å². The number of aryl methyl sites for hydroxylation is 1. The SMILES string of the molecule is CCN(c1nc(OCC23CCCN2CC(F)C3)nc2c(F)c(-c3ccc(F)c4sc(N)c(C#N)c34)c(C(F)(F)F)cc12)C1CCN(C(=O)c2ncoc2C)C1. The van der Waals surface area contributed by atoms with Gasteiger partial charge in [0, 0.05) is 55.0 Å². The number of fused-ring (bicyclic) bond motifs is 3. The molecule has 0 bridgehead atoms. The van der Waals surface area contributed by atoms with Gasteiger partial charge in [0.15, 0.2) is 17.9 Å². The Morgan fingerprint density at radius 2 is 2.04 bits per heavy atom. The molecule has 55 heavy (non-hydrogen) atoms. The fraction of sp³-hybridized carbons (Fsp3) is 0.432. The van der Waals surface area contributed by atoms with Gasteiger partial charge in [0.2, 0.25) is 0 Å². The van der Waals surface area contributed by atoms with Crippen molar-refractivity contribution in [3.05, 3.63) is 58.8 Å². The van der Waals surface area contributed by atoms with Gasteiger partial charge in [0.1, 0.15) is 46.8 Å². The second-order valence-corrected chi connectivity index (χ2v) is 15.2. The van der Waals surface area contributed by atoms with Crippen molar-refractivity contribution in [1.29, 1.82) is 5.26 Å². The van der Waals surface area contributed by atoms with E-state index < -0.39 is 57.8 Å². The molecule has 288 valence electrons. The lowest BCUT2D eigenvalue weighted by atomic mass is 9.92. The van der Waals surface area contributed by atoms with Crippen LogP contribution in [0, 0.1) is 29.9 Å². The summed E-state index contributed by atoms with van der Waals surface area (Å²) in [5.41, 5.74) is 1.94. The molecule has 5 aromatic rings. The number of likely N-dealkylation sites (tertiary alicyclic amines) is 1. The van der Waals surface area contributed by atoms with Crippen molar-refractivity contribution in [2.75, 3.05) is 50.0 Å². The van der Waals surface area contributed by atoms with Crippen molar-refractivity contribution in [2.45, 2.75) is 63.5 Å². The average Bonchev–Trinajstić information content (AvgIpc) is 3.97. The smallest absolute Gasteiger partial charge is 0.417 e. The molecule has 0 spiro atoms. The third-order valence-electron chi connectivity index (χ3n) is 11.1. The molecule has 2 N–H and O–H groups in total. The van der Waals surface area contributed by atoms with E-state index in [1.165, 1.54) is 6.39 Å². The average molecular weight is 785 g/mol. The quantitative estimate of drug-likeness (QED) is 0.160. The van der Waals surface area contributed by atoms with E-state index in [0.717, 1.165) is 24.6 Å². The molecule has 3 aromatic heterocycles. The Balaban J connectivity index is 1.30. The minimum Gasteiger partial charge on any atom is -0.461 e. The monoisotopic (exact) mass is 784 g/mol. The molecule has 3 atom stereocenters. The fourth-order valence-electron chi connectivity index (χ4n) is 8.54. The fourth-order valence-corrected chi connectivity index (χ4v) is 9.49. The van der Waals surface area contributed by atoms with Crippen LogP contribution in [0.25, 0.3) is 32.1 Å². The molecular weight excluding hydrogens is 751 g/mol. The molecule has 11 nitrogen and oxygen atoms in total. The number of benzene rings is 2. The number of halogens is 6. The first-order chi connectivity index (χ1) is 26.2. The van der Waals surface area contributed by atoms with Gasteiger partial charge in [0.05, 0.1) is 21.4 Å². The number of hydrogen-bond acceptors (Lipinski definition) is 11. The highest BCUT2D eigenvalue weighted by Gasteiger charge is 2.49. The zero-order chi connectivity index (χ0) is 39.0. The molecule has 1 amide bonds. The van der Waals surface area contributed by atoms with Crippen LogP contribution in [0.1, 0.15) is 60.0 Å². The predicted molar refractivity (Wildman–Crippen MR) is 192 cm³/mol. The Kier molecular flexibility index (Phi) is 9.07.